The summed E-state index contributed by atoms with van der Waals surface area (Å²) < 4.78 is 27.3. The van der Waals surface area contributed by atoms with Crippen LogP contribution in [-0.4, -0.2) is 27.9 Å². The number of rotatable bonds is 11. The quantitative estimate of drug-likeness (QED) is 0.238. The first-order valence-electron chi connectivity index (χ1n) is 12.2. The van der Waals surface area contributed by atoms with Crippen molar-refractivity contribution in [2.45, 2.75) is 19.3 Å². The molecular weight excluding hydrogens is 535 g/mol. The molecule has 0 fully saturated rings. The lowest BCUT2D eigenvalue weighted by molar-refractivity contribution is -0.126. The molecular formula is C28H27N4O7P. The first-order valence-corrected chi connectivity index (χ1v) is 13.8. The smallest absolute Gasteiger partial charge is 0.414 e. The minimum atomic E-state index is -4.19. The van der Waals surface area contributed by atoms with Crippen molar-refractivity contribution in [3.63, 3.8) is 0 Å². The molecule has 12 heteroatoms. The predicted molar refractivity (Wildman–Crippen MR) is 148 cm³/mol. The molecule has 3 N–H and O–H groups in total. The molecule has 0 aliphatic carbocycles. The summed E-state index contributed by atoms with van der Waals surface area (Å²) in [5, 5.41) is 5.10. The van der Waals surface area contributed by atoms with Crippen molar-refractivity contribution >= 4 is 19.4 Å². The van der Waals surface area contributed by atoms with E-state index < -0.39 is 49.5 Å². The fourth-order valence-electron chi connectivity index (χ4n) is 3.69. The zero-order valence-corrected chi connectivity index (χ0v) is 22.4. The van der Waals surface area contributed by atoms with E-state index in [1.54, 1.807) is 91.0 Å². The number of hydrogen-bond acceptors (Lipinski definition) is 7. The number of benzene rings is 3. The summed E-state index contributed by atoms with van der Waals surface area (Å²) in [6.45, 7) is 0.589. The van der Waals surface area contributed by atoms with E-state index in [4.69, 9.17) is 9.05 Å². The first kappa shape index (κ1) is 28.1. The molecule has 0 aliphatic heterocycles. The van der Waals surface area contributed by atoms with Crippen molar-refractivity contribution in [1.82, 2.24) is 20.2 Å². The fourth-order valence-corrected chi connectivity index (χ4v) is 5.61. The number of aromatic nitrogens is 2. The van der Waals surface area contributed by atoms with Gasteiger partial charge in [0.2, 0.25) is 11.8 Å². The highest BCUT2D eigenvalue weighted by Crippen LogP contribution is 2.58. The summed E-state index contributed by atoms with van der Waals surface area (Å²) in [6, 6.07) is 25.4. The Kier molecular flexibility index (Phi) is 8.98. The lowest BCUT2D eigenvalue weighted by atomic mass is 10.2. The SMILES string of the molecule is Cc1cn(CC(=O)NCC(=O)NC(c2ccccc2)P(=O)(Oc2ccccc2)Oc2ccccc2)c(=O)[nH]c1=O. The average molecular weight is 563 g/mol. The van der Waals surface area contributed by atoms with Crippen LogP contribution in [0.1, 0.15) is 16.9 Å². The van der Waals surface area contributed by atoms with Crippen molar-refractivity contribution in [2.75, 3.05) is 6.54 Å². The molecule has 1 aromatic heterocycles. The number of nitrogens with one attached hydrogen (secondary N) is 3. The van der Waals surface area contributed by atoms with Gasteiger partial charge in [-0.25, -0.2) is 9.36 Å². The van der Waals surface area contributed by atoms with Crippen molar-refractivity contribution in [1.29, 1.82) is 0 Å². The molecule has 1 heterocycles. The molecule has 4 aromatic rings. The number of aryl methyl sites for hydroxylation is 1. The van der Waals surface area contributed by atoms with Gasteiger partial charge in [0.05, 0.1) is 6.54 Å². The summed E-state index contributed by atoms with van der Waals surface area (Å²) in [4.78, 5) is 51.1. The normalized spacial score (nSPS) is 11.7. The van der Waals surface area contributed by atoms with Crippen molar-refractivity contribution < 1.29 is 23.2 Å². The second kappa shape index (κ2) is 12.8. The van der Waals surface area contributed by atoms with Gasteiger partial charge in [-0.2, -0.15) is 0 Å². The van der Waals surface area contributed by atoms with Crippen LogP contribution in [-0.2, 0) is 20.7 Å². The second-order valence-corrected chi connectivity index (χ2v) is 10.7. The summed E-state index contributed by atoms with van der Waals surface area (Å²) in [5.41, 5.74) is -0.597. The van der Waals surface area contributed by atoms with E-state index in [2.05, 4.69) is 15.6 Å². The van der Waals surface area contributed by atoms with Crippen LogP contribution in [0.4, 0.5) is 0 Å². The zero-order chi connectivity index (χ0) is 28.5. The number of nitrogens with zero attached hydrogens (tertiary/aromatic N) is 1. The maximum atomic E-state index is 14.5. The zero-order valence-electron chi connectivity index (χ0n) is 21.5. The summed E-state index contributed by atoms with van der Waals surface area (Å²) in [5.74, 6) is -2.04. The van der Waals surface area contributed by atoms with Gasteiger partial charge in [-0.3, -0.25) is 23.9 Å². The largest absolute Gasteiger partial charge is 0.457 e. The number of amides is 2. The Bertz CT molecular complexity index is 1580. The van der Waals surface area contributed by atoms with Crippen LogP contribution in [0.5, 0.6) is 11.5 Å². The highest BCUT2D eigenvalue weighted by atomic mass is 31.2. The lowest BCUT2D eigenvalue weighted by Gasteiger charge is -2.28. The van der Waals surface area contributed by atoms with Crippen LogP contribution in [0.2, 0.25) is 0 Å². The molecule has 0 spiro atoms. The molecule has 0 saturated heterocycles. The first-order chi connectivity index (χ1) is 19.2. The standard InChI is InChI=1S/C28H27N4O7P/c1-20-18-32(28(36)31-26(20)35)19-25(34)29-17-24(33)30-27(21-11-5-2-6-12-21)40(37,38-22-13-7-3-8-14-22)39-23-15-9-4-10-16-23/h2-16,18,27H,17,19H2,1H3,(H,29,34)(H,30,33)(H,31,35,36). The average Bonchev–Trinajstić information content (AvgIpc) is 2.95. The number of H-pyrrole nitrogens is 1. The third-order valence-electron chi connectivity index (χ3n) is 5.63. The summed E-state index contributed by atoms with van der Waals surface area (Å²) in [7, 11) is -4.19. The molecule has 0 radical (unpaired) electrons. The van der Waals surface area contributed by atoms with Gasteiger partial charge in [0.15, 0.2) is 5.78 Å². The van der Waals surface area contributed by atoms with E-state index in [1.807, 2.05) is 0 Å². The maximum absolute atomic E-state index is 14.5. The lowest BCUT2D eigenvalue weighted by Crippen LogP contribution is -2.42. The van der Waals surface area contributed by atoms with Gasteiger partial charge in [-0.05, 0) is 36.8 Å². The van der Waals surface area contributed by atoms with Gasteiger partial charge in [0, 0.05) is 11.8 Å². The Labute approximate surface area is 229 Å². The van der Waals surface area contributed by atoms with Crippen LogP contribution < -0.4 is 30.9 Å². The molecule has 3 aromatic carbocycles. The monoisotopic (exact) mass is 562 g/mol. The van der Waals surface area contributed by atoms with Crippen LogP contribution in [0.15, 0.2) is 107 Å². The van der Waals surface area contributed by atoms with E-state index in [9.17, 15) is 23.7 Å². The van der Waals surface area contributed by atoms with Crippen LogP contribution in [0, 0.1) is 6.92 Å². The van der Waals surface area contributed by atoms with Gasteiger partial charge in [-0.1, -0.05) is 66.7 Å². The highest BCUT2D eigenvalue weighted by Gasteiger charge is 2.42. The van der Waals surface area contributed by atoms with Crippen molar-refractivity contribution in [3.05, 3.63) is 129 Å². The van der Waals surface area contributed by atoms with Gasteiger partial charge < -0.3 is 19.7 Å². The topological polar surface area (TPSA) is 149 Å². The molecule has 40 heavy (non-hydrogen) atoms. The molecule has 0 saturated carbocycles. The third-order valence-corrected chi connectivity index (χ3v) is 7.62. The number of para-hydroxylation sites is 2. The van der Waals surface area contributed by atoms with E-state index in [-0.39, 0.29) is 17.1 Å². The van der Waals surface area contributed by atoms with Gasteiger partial charge in [0.1, 0.15) is 18.0 Å². The van der Waals surface area contributed by atoms with Crippen LogP contribution in [0.25, 0.3) is 0 Å². The molecule has 1 atom stereocenters. The Balaban J connectivity index is 1.55. The van der Waals surface area contributed by atoms with E-state index >= 15 is 0 Å². The predicted octanol–water partition coefficient (Wildman–Crippen LogP) is 3.13. The Morgan fingerprint density at radius 3 is 1.93 bits per heavy atom. The molecule has 1 unspecified atom stereocenters. The van der Waals surface area contributed by atoms with Crippen LogP contribution >= 0.6 is 7.60 Å². The fraction of sp³-hybridized carbons (Fsp3) is 0.143. The van der Waals surface area contributed by atoms with Gasteiger partial charge in [-0.15, -0.1) is 0 Å². The molecule has 2 amide bonds. The van der Waals surface area contributed by atoms with E-state index in [1.165, 1.54) is 13.1 Å². The third kappa shape index (κ3) is 7.36. The Morgan fingerprint density at radius 1 is 0.850 bits per heavy atom. The minimum absolute atomic E-state index is 0.253. The van der Waals surface area contributed by atoms with Crippen molar-refractivity contribution in [2.24, 2.45) is 0 Å². The Hall–Kier alpha value is -4.89. The molecule has 0 bridgehead atoms. The summed E-state index contributed by atoms with van der Waals surface area (Å²) in [6.07, 6.45) is 1.25. The highest BCUT2D eigenvalue weighted by molar-refractivity contribution is 7.55. The molecule has 206 valence electrons. The Morgan fingerprint density at radius 2 is 1.38 bits per heavy atom. The molecule has 4 rings (SSSR count). The number of aromatic amines is 1. The van der Waals surface area contributed by atoms with E-state index in [0.717, 1.165) is 4.57 Å². The van der Waals surface area contributed by atoms with Crippen molar-refractivity contribution in [3.8, 4) is 11.5 Å². The van der Waals surface area contributed by atoms with E-state index in [0.29, 0.717) is 5.56 Å². The van der Waals surface area contributed by atoms with Crippen LogP contribution in [0.3, 0.4) is 0 Å². The summed E-state index contributed by atoms with van der Waals surface area (Å²) >= 11 is 0. The number of carbonyl (C=O) groups is 2. The minimum Gasteiger partial charge on any atom is -0.414 e. The molecule has 0 aliphatic rings. The second-order valence-electron chi connectivity index (χ2n) is 8.71. The molecule has 11 nitrogen and oxygen atoms in total. The maximum Gasteiger partial charge on any atom is 0.457 e. The number of carbonyl (C=O) groups excluding carboxylic acids is 2. The number of hydrogen-bond donors (Lipinski definition) is 3. The van der Waals surface area contributed by atoms with Gasteiger partial charge >= 0.3 is 13.3 Å². The van der Waals surface area contributed by atoms with Gasteiger partial charge in [0.25, 0.3) is 5.56 Å².